The van der Waals surface area contributed by atoms with Gasteiger partial charge in [0.1, 0.15) is 11.9 Å². The van der Waals surface area contributed by atoms with E-state index in [2.05, 4.69) is 21.0 Å². The van der Waals surface area contributed by atoms with Crippen molar-refractivity contribution in [3.05, 3.63) is 99.8 Å². The summed E-state index contributed by atoms with van der Waals surface area (Å²) in [6.07, 6.45) is 1.65. The number of Topliss-reactive ketones (excluding diaryl/α,β-unsaturated/α-hetero) is 1. The maximum atomic E-state index is 13.8. The van der Waals surface area contributed by atoms with Gasteiger partial charge >= 0.3 is 0 Å². The van der Waals surface area contributed by atoms with Gasteiger partial charge in [0.15, 0.2) is 5.78 Å². The second-order valence-corrected chi connectivity index (χ2v) is 9.47. The summed E-state index contributed by atoms with van der Waals surface area (Å²) in [7, 11) is 0. The molecule has 3 aromatic carbocycles. The van der Waals surface area contributed by atoms with Crippen LogP contribution in [0.4, 0.5) is 10.1 Å². The molecule has 0 unspecified atom stereocenters. The number of anilines is 1. The fourth-order valence-corrected chi connectivity index (χ4v) is 5.71. The molecule has 3 aliphatic rings. The minimum Gasteiger partial charge on any atom is -0.292 e. The van der Waals surface area contributed by atoms with Crippen LogP contribution < -0.4 is 4.90 Å². The van der Waals surface area contributed by atoms with Gasteiger partial charge in [-0.2, -0.15) is 5.10 Å². The van der Waals surface area contributed by atoms with E-state index in [1.165, 1.54) is 29.2 Å². The summed E-state index contributed by atoms with van der Waals surface area (Å²) < 4.78 is 14.2. The number of hydrogen-bond donors (Lipinski definition) is 0. The topological polar surface area (TPSA) is 70.0 Å². The molecule has 2 saturated heterocycles. The number of rotatable bonds is 3. The lowest BCUT2D eigenvalue weighted by molar-refractivity contribution is -0.124. The van der Waals surface area contributed by atoms with Crippen LogP contribution in [0.25, 0.3) is 0 Å². The van der Waals surface area contributed by atoms with Gasteiger partial charge in [0.2, 0.25) is 11.8 Å². The van der Waals surface area contributed by atoms with E-state index in [0.717, 1.165) is 15.6 Å². The molecule has 3 aromatic rings. The minimum atomic E-state index is -0.987. The average Bonchev–Trinajstić information content (AvgIpc) is 3.31. The summed E-state index contributed by atoms with van der Waals surface area (Å²) in [5.74, 6) is -3.32. The van der Waals surface area contributed by atoms with Crippen molar-refractivity contribution in [3.8, 4) is 0 Å². The number of fused-ring (bicyclic) bond motifs is 5. The van der Waals surface area contributed by atoms with E-state index in [4.69, 9.17) is 0 Å². The molecule has 168 valence electrons. The second-order valence-electron chi connectivity index (χ2n) is 8.56. The fourth-order valence-electron chi connectivity index (χ4n) is 5.32. The number of hydrogen-bond acceptors (Lipinski definition) is 5. The van der Waals surface area contributed by atoms with Crippen molar-refractivity contribution in [1.29, 1.82) is 0 Å². The molecule has 2 amide bonds. The standard InChI is InChI=1S/C26H17BrFN3O3/c27-16-5-3-6-18(12-16)30-25(33)20-21(26(30)34)23(24(32)14-8-10-17(28)11-9-14)31-22(20)19-7-2-1-4-15(19)13-29-31/h1-13,20-23H/t20-,21-,22+,23+/m1/s1. The molecular formula is C26H17BrFN3O3. The highest BCUT2D eigenvalue weighted by Crippen LogP contribution is 2.53. The quantitative estimate of drug-likeness (QED) is 0.382. The van der Waals surface area contributed by atoms with Crippen molar-refractivity contribution in [3.63, 3.8) is 0 Å². The van der Waals surface area contributed by atoms with Gasteiger partial charge in [0.25, 0.3) is 0 Å². The first-order valence-electron chi connectivity index (χ1n) is 10.8. The van der Waals surface area contributed by atoms with E-state index >= 15 is 0 Å². The maximum absolute atomic E-state index is 13.8. The van der Waals surface area contributed by atoms with Crippen molar-refractivity contribution in [2.24, 2.45) is 16.9 Å². The molecule has 0 aliphatic carbocycles. The lowest BCUT2D eigenvalue weighted by atomic mass is 9.83. The number of carbonyl (C=O) groups excluding carboxylic acids is 3. The summed E-state index contributed by atoms with van der Waals surface area (Å²) in [5.41, 5.74) is 2.41. The molecule has 0 bridgehead atoms. The highest BCUT2D eigenvalue weighted by atomic mass is 79.9. The largest absolute Gasteiger partial charge is 0.292 e. The van der Waals surface area contributed by atoms with E-state index < -0.39 is 35.6 Å². The smallest absolute Gasteiger partial charge is 0.240 e. The Morgan fingerprint density at radius 2 is 1.65 bits per heavy atom. The number of carbonyl (C=O) groups is 3. The molecule has 6 rings (SSSR count). The van der Waals surface area contributed by atoms with Crippen LogP contribution in [0.1, 0.15) is 27.5 Å². The fraction of sp³-hybridized carbons (Fsp3) is 0.154. The van der Waals surface area contributed by atoms with Crippen LogP contribution >= 0.6 is 15.9 Å². The minimum absolute atomic E-state index is 0.265. The molecule has 4 atom stereocenters. The highest BCUT2D eigenvalue weighted by molar-refractivity contribution is 9.10. The zero-order chi connectivity index (χ0) is 23.6. The summed E-state index contributed by atoms with van der Waals surface area (Å²) in [5, 5.41) is 6.12. The number of nitrogens with zero attached hydrogens (tertiary/aromatic N) is 3. The SMILES string of the molecule is O=C(c1ccc(F)cc1)[C@@H]1[C@@H]2C(=O)N(c3cccc(Br)c3)C(=O)[C@H]2[C@@H]2c3ccccc3C=NN12. The third-order valence-corrected chi connectivity index (χ3v) is 7.25. The number of hydrazone groups is 1. The maximum Gasteiger partial charge on any atom is 0.240 e. The lowest BCUT2D eigenvalue weighted by Gasteiger charge is -2.33. The molecule has 3 aliphatic heterocycles. The highest BCUT2D eigenvalue weighted by Gasteiger charge is 2.65. The average molecular weight is 518 g/mol. The molecule has 3 heterocycles. The van der Waals surface area contributed by atoms with Crippen LogP contribution in [0.3, 0.4) is 0 Å². The summed E-state index contributed by atoms with van der Waals surface area (Å²) in [6, 6.07) is 18.2. The van der Waals surface area contributed by atoms with Crippen LogP contribution in [0.2, 0.25) is 0 Å². The van der Waals surface area contributed by atoms with Gasteiger partial charge in [-0.25, -0.2) is 9.29 Å². The van der Waals surface area contributed by atoms with Gasteiger partial charge in [-0.15, -0.1) is 0 Å². The monoisotopic (exact) mass is 517 g/mol. The lowest BCUT2D eigenvalue weighted by Crippen LogP contribution is -2.44. The first kappa shape index (κ1) is 20.9. The number of amides is 2. The van der Waals surface area contributed by atoms with E-state index in [1.807, 2.05) is 30.3 Å². The van der Waals surface area contributed by atoms with Crippen LogP contribution in [0, 0.1) is 17.7 Å². The Kier molecular flexibility index (Phi) is 4.74. The molecule has 34 heavy (non-hydrogen) atoms. The molecule has 6 nitrogen and oxygen atoms in total. The molecule has 8 heteroatoms. The number of imide groups is 1. The third kappa shape index (κ3) is 2.98. The Morgan fingerprint density at radius 3 is 2.41 bits per heavy atom. The first-order chi connectivity index (χ1) is 16.5. The van der Waals surface area contributed by atoms with Gasteiger partial charge in [0, 0.05) is 10.0 Å². The van der Waals surface area contributed by atoms with Crippen molar-refractivity contribution >= 4 is 45.4 Å². The Bertz CT molecular complexity index is 1390. The predicted molar refractivity (Wildman–Crippen MR) is 127 cm³/mol. The predicted octanol–water partition coefficient (Wildman–Crippen LogP) is 4.35. The van der Waals surface area contributed by atoms with Crippen LogP contribution in [-0.4, -0.2) is 34.9 Å². The van der Waals surface area contributed by atoms with E-state index in [-0.39, 0.29) is 17.3 Å². The number of ketones is 1. The zero-order valence-corrected chi connectivity index (χ0v) is 19.2. The molecule has 0 aromatic heterocycles. The molecule has 2 fully saturated rings. The first-order valence-corrected chi connectivity index (χ1v) is 11.6. The summed E-state index contributed by atoms with van der Waals surface area (Å²) >= 11 is 3.40. The van der Waals surface area contributed by atoms with Crippen molar-refractivity contribution in [2.45, 2.75) is 12.1 Å². The van der Waals surface area contributed by atoms with Gasteiger partial charge < -0.3 is 0 Å². The van der Waals surface area contributed by atoms with Crippen LogP contribution in [0.15, 0.2) is 82.4 Å². The van der Waals surface area contributed by atoms with E-state index in [9.17, 15) is 18.8 Å². The van der Waals surface area contributed by atoms with E-state index in [1.54, 1.807) is 29.4 Å². The number of benzene rings is 3. The normalized spacial score (nSPS) is 24.8. The van der Waals surface area contributed by atoms with Gasteiger partial charge in [-0.1, -0.05) is 46.3 Å². The van der Waals surface area contributed by atoms with Gasteiger partial charge in [-0.05, 0) is 53.6 Å². The Labute approximate surface area is 202 Å². The third-order valence-electron chi connectivity index (χ3n) is 6.76. The molecule has 0 N–H and O–H groups in total. The summed E-state index contributed by atoms with van der Waals surface area (Å²) in [4.78, 5) is 42.4. The molecular weight excluding hydrogens is 501 g/mol. The Hall–Kier alpha value is -3.65. The van der Waals surface area contributed by atoms with Crippen LogP contribution in [0.5, 0.6) is 0 Å². The van der Waals surface area contributed by atoms with Crippen molar-refractivity contribution in [1.82, 2.24) is 5.01 Å². The van der Waals surface area contributed by atoms with Gasteiger partial charge in [-0.3, -0.25) is 19.4 Å². The Morgan fingerprint density at radius 1 is 0.912 bits per heavy atom. The summed E-state index contributed by atoms with van der Waals surface area (Å²) in [6.45, 7) is 0. The molecule has 0 saturated carbocycles. The molecule has 0 spiro atoms. The van der Waals surface area contributed by atoms with Crippen molar-refractivity contribution in [2.75, 3.05) is 4.90 Å². The van der Waals surface area contributed by atoms with Crippen LogP contribution in [-0.2, 0) is 9.59 Å². The Balaban J connectivity index is 1.50. The van der Waals surface area contributed by atoms with Gasteiger partial charge in [0.05, 0.1) is 29.8 Å². The number of halogens is 2. The zero-order valence-electron chi connectivity index (χ0n) is 17.6. The second kappa shape index (κ2) is 7.70. The van der Waals surface area contributed by atoms with E-state index in [0.29, 0.717) is 5.69 Å². The molecule has 0 radical (unpaired) electrons. The van der Waals surface area contributed by atoms with Crippen molar-refractivity contribution < 1.29 is 18.8 Å².